The molecule has 27 heavy (non-hydrogen) atoms. The summed E-state index contributed by atoms with van der Waals surface area (Å²) in [7, 11) is 5.10. The Morgan fingerprint density at radius 3 is 2.74 bits per heavy atom. The van der Waals surface area contributed by atoms with E-state index in [4.69, 9.17) is 4.74 Å². The number of hydrogen-bond donors (Lipinski definition) is 2. The number of guanidine groups is 1. The Kier molecular flexibility index (Phi) is 8.06. The largest absolute Gasteiger partial charge is 0.383 e. The first kappa shape index (κ1) is 20.7. The summed E-state index contributed by atoms with van der Waals surface area (Å²) in [5.74, 6) is 1.60. The second kappa shape index (κ2) is 10.5. The number of imidazole rings is 1. The molecule has 8 nitrogen and oxygen atoms in total. The van der Waals surface area contributed by atoms with Crippen LogP contribution >= 0.6 is 0 Å². The molecular formula is C19H30N6O2. The van der Waals surface area contributed by atoms with E-state index in [-0.39, 0.29) is 12.5 Å². The lowest BCUT2D eigenvalue weighted by atomic mass is 10.3. The summed E-state index contributed by atoms with van der Waals surface area (Å²) in [4.78, 5) is 22.2. The van der Waals surface area contributed by atoms with Gasteiger partial charge in [-0.15, -0.1) is 0 Å². The van der Waals surface area contributed by atoms with Crippen molar-refractivity contribution >= 4 is 22.9 Å². The number of methoxy groups -OCH3 is 1. The van der Waals surface area contributed by atoms with E-state index < -0.39 is 0 Å². The molecule has 1 amide bonds. The number of amides is 1. The second-order valence-electron chi connectivity index (χ2n) is 6.45. The molecule has 1 aromatic carbocycles. The molecule has 2 N–H and O–H groups in total. The van der Waals surface area contributed by atoms with Gasteiger partial charge in [-0.3, -0.25) is 4.79 Å². The van der Waals surface area contributed by atoms with Crippen molar-refractivity contribution in [3.05, 3.63) is 30.1 Å². The summed E-state index contributed by atoms with van der Waals surface area (Å²) in [6, 6.07) is 8.16. The molecule has 0 radical (unpaired) electrons. The standard InChI is InChI=1S/C19H30N6O2/c1-15-23-16-8-5-6-9-17(16)25(15)12-7-10-20-19(21-11-13-27-4)22-14-18(26)24(2)3/h5-6,8-9H,7,10-14H2,1-4H3,(H2,20,21,22). The first-order chi connectivity index (χ1) is 13.0. The molecular weight excluding hydrogens is 344 g/mol. The maximum atomic E-state index is 11.8. The zero-order chi connectivity index (χ0) is 19.6. The number of benzene rings is 1. The highest BCUT2D eigenvalue weighted by Crippen LogP contribution is 2.15. The number of nitrogens with zero attached hydrogens (tertiary/aromatic N) is 4. The number of para-hydroxylation sites is 2. The number of carbonyl (C=O) groups excluding carboxylic acids is 1. The van der Waals surface area contributed by atoms with Crippen molar-refractivity contribution in [2.24, 2.45) is 4.99 Å². The fourth-order valence-corrected chi connectivity index (χ4v) is 2.66. The van der Waals surface area contributed by atoms with Gasteiger partial charge in [0, 0.05) is 40.8 Å². The van der Waals surface area contributed by atoms with Gasteiger partial charge in [0.2, 0.25) is 5.91 Å². The number of aliphatic imine (C=N–C) groups is 1. The minimum absolute atomic E-state index is 0.0386. The molecule has 0 aliphatic rings. The molecule has 1 heterocycles. The molecule has 148 valence electrons. The van der Waals surface area contributed by atoms with Crippen molar-refractivity contribution in [2.75, 3.05) is 47.4 Å². The third kappa shape index (κ3) is 6.25. The van der Waals surface area contributed by atoms with Crippen LogP contribution in [0.3, 0.4) is 0 Å². The molecule has 0 bridgehead atoms. The Balaban J connectivity index is 1.88. The van der Waals surface area contributed by atoms with Crippen LogP contribution in [-0.2, 0) is 16.1 Å². The van der Waals surface area contributed by atoms with Crippen LogP contribution in [0.5, 0.6) is 0 Å². The summed E-state index contributed by atoms with van der Waals surface area (Å²) in [5.41, 5.74) is 2.17. The highest BCUT2D eigenvalue weighted by Gasteiger charge is 2.07. The van der Waals surface area contributed by atoms with Crippen molar-refractivity contribution in [3.63, 3.8) is 0 Å². The van der Waals surface area contributed by atoms with Crippen molar-refractivity contribution in [2.45, 2.75) is 19.9 Å². The number of aromatic nitrogens is 2. The first-order valence-corrected chi connectivity index (χ1v) is 9.16. The van der Waals surface area contributed by atoms with Gasteiger partial charge in [0.15, 0.2) is 5.96 Å². The number of rotatable bonds is 9. The molecule has 0 spiro atoms. The van der Waals surface area contributed by atoms with E-state index in [0.29, 0.717) is 19.1 Å². The van der Waals surface area contributed by atoms with Crippen LogP contribution in [-0.4, -0.2) is 73.8 Å². The molecule has 8 heteroatoms. The topological polar surface area (TPSA) is 83.8 Å². The van der Waals surface area contributed by atoms with Crippen molar-refractivity contribution in [3.8, 4) is 0 Å². The highest BCUT2D eigenvalue weighted by molar-refractivity contribution is 5.84. The second-order valence-corrected chi connectivity index (χ2v) is 6.45. The smallest absolute Gasteiger partial charge is 0.243 e. The molecule has 0 aliphatic carbocycles. The summed E-state index contributed by atoms with van der Waals surface area (Å²) in [6.07, 6.45) is 0.911. The average molecular weight is 374 g/mol. The molecule has 1 aromatic heterocycles. The van der Waals surface area contributed by atoms with Crippen molar-refractivity contribution < 1.29 is 9.53 Å². The number of aryl methyl sites for hydroxylation is 2. The molecule has 0 aliphatic heterocycles. The van der Waals surface area contributed by atoms with Crippen LogP contribution in [0.4, 0.5) is 0 Å². The van der Waals surface area contributed by atoms with Crippen LogP contribution in [0, 0.1) is 6.92 Å². The Hall–Kier alpha value is -2.61. The van der Waals surface area contributed by atoms with Gasteiger partial charge in [-0.2, -0.15) is 0 Å². The average Bonchev–Trinajstić information content (AvgIpc) is 2.97. The molecule has 0 saturated carbocycles. The van der Waals surface area contributed by atoms with E-state index in [1.165, 1.54) is 4.90 Å². The molecule has 0 atom stereocenters. The Labute approximate surface area is 160 Å². The zero-order valence-corrected chi connectivity index (χ0v) is 16.7. The van der Waals surface area contributed by atoms with E-state index >= 15 is 0 Å². The highest BCUT2D eigenvalue weighted by atomic mass is 16.5. The monoisotopic (exact) mass is 374 g/mol. The van der Waals surface area contributed by atoms with Crippen molar-refractivity contribution in [1.82, 2.24) is 25.1 Å². The summed E-state index contributed by atoms with van der Waals surface area (Å²) < 4.78 is 7.28. The number of nitrogens with one attached hydrogen (secondary N) is 2. The fraction of sp³-hybridized carbons (Fsp3) is 0.526. The normalized spacial score (nSPS) is 11.6. The van der Waals surface area contributed by atoms with E-state index in [1.54, 1.807) is 21.2 Å². The zero-order valence-electron chi connectivity index (χ0n) is 16.7. The minimum atomic E-state index is -0.0386. The molecule has 0 unspecified atom stereocenters. The predicted octanol–water partition coefficient (Wildman–Crippen LogP) is 1.00. The molecule has 0 saturated heterocycles. The van der Waals surface area contributed by atoms with Crippen LogP contribution < -0.4 is 10.6 Å². The van der Waals surface area contributed by atoms with Gasteiger partial charge in [0.05, 0.1) is 17.6 Å². The summed E-state index contributed by atoms with van der Waals surface area (Å²) >= 11 is 0. The van der Waals surface area contributed by atoms with E-state index in [0.717, 1.165) is 36.4 Å². The van der Waals surface area contributed by atoms with Crippen LogP contribution in [0.15, 0.2) is 29.3 Å². The minimum Gasteiger partial charge on any atom is -0.383 e. The van der Waals surface area contributed by atoms with Gasteiger partial charge in [-0.25, -0.2) is 9.98 Å². The lowest BCUT2D eigenvalue weighted by Gasteiger charge is -2.14. The predicted molar refractivity (Wildman–Crippen MR) is 108 cm³/mol. The van der Waals surface area contributed by atoms with Crippen LogP contribution in [0.1, 0.15) is 12.2 Å². The summed E-state index contributed by atoms with van der Waals surface area (Å²) in [6.45, 7) is 4.94. The number of carbonyl (C=O) groups is 1. The number of ether oxygens (including phenoxy) is 1. The van der Waals surface area contributed by atoms with Gasteiger partial charge >= 0.3 is 0 Å². The summed E-state index contributed by atoms with van der Waals surface area (Å²) in [5, 5.41) is 6.46. The van der Waals surface area contributed by atoms with Gasteiger partial charge in [0.25, 0.3) is 0 Å². The van der Waals surface area contributed by atoms with Gasteiger partial charge in [0.1, 0.15) is 12.4 Å². The van der Waals surface area contributed by atoms with E-state index in [1.807, 2.05) is 25.1 Å². The van der Waals surface area contributed by atoms with E-state index in [2.05, 4.69) is 31.2 Å². The third-order valence-corrected chi connectivity index (χ3v) is 4.17. The number of fused-ring (bicyclic) bond motifs is 1. The van der Waals surface area contributed by atoms with Gasteiger partial charge < -0.3 is 24.8 Å². The van der Waals surface area contributed by atoms with Crippen LogP contribution in [0.25, 0.3) is 11.0 Å². The lowest BCUT2D eigenvalue weighted by Crippen LogP contribution is -2.40. The third-order valence-electron chi connectivity index (χ3n) is 4.17. The molecule has 2 aromatic rings. The maximum Gasteiger partial charge on any atom is 0.243 e. The van der Waals surface area contributed by atoms with Crippen molar-refractivity contribution in [1.29, 1.82) is 0 Å². The SMILES string of the molecule is COCCNC(=NCC(=O)N(C)C)NCCCn1c(C)nc2ccccc21. The Morgan fingerprint density at radius 2 is 2.00 bits per heavy atom. The maximum absolute atomic E-state index is 11.8. The van der Waals surface area contributed by atoms with Gasteiger partial charge in [-0.05, 0) is 25.5 Å². The Bertz CT molecular complexity index is 769. The molecule has 2 rings (SSSR count). The Morgan fingerprint density at radius 1 is 1.26 bits per heavy atom. The van der Waals surface area contributed by atoms with E-state index in [9.17, 15) is 4.79 Å². The fourth-order valence-electron chi connectivity index (χ4n) is 2.66. The quantitative estimate of drug-likeness (QED) is 0.389. The van der Waals surface area contributed by atoms with Crippen LogP contribution in [0.2, 0.25) is 0 Å². The number of likely N-dealkylation sites (N-methyl/N-ethyl adjacent to an activating group) is 1. The first-order valence-electron chi connectivity index (χ1n) is 9.16. The molecule has 0 fully saturated rings. The van der Waals surface area contributed by atoms with Gasteiger partial charge in [-0.1, -0.05) is 12.1 Å². The number of hydrogen-bond acceptors (Lipinski definition) is 4. The lowest BCUT2D eigenvalue weighted by molar-refractivity contribution is -0.127.